The summed E-state index contributed by atoms with van der Waals surface area (Å²) in [6.07, 6.45) is 14.6. The molecule has 1 aromatic rings. The first-order valence-electron chi connectivity index (χ1n) is 25.3. The lowest BCUT2D eigenvalue weighted by Gasteiger charge is -2.48. The fourth-order valence-electron chi connectivity index (χ4n) is 10.3. The van der Waals surface area contributed by atoms with E-state index in [0.717, 1.165) is 67.9 Å². The van der Waals surface area contributed by atoms with Gasteiger partial charge in [0, 0.05) is 24.7 Å². The third kappa shape index (κ3) is 13.7. The van der Waals surface area contributed by atoms with Crippen LogP contribution in [-0.4, -0.2) is 99.3 Å². The Kier molecular flexibility index (Phi) is 18.3. The Morgan fingerprint density at radius 1 is 0.939 bits per heavy atom. The number of oxazole rings is 1. The third-order valence-electron chi connectivity index (χ3n) is 15.3. The summed E-state index contributed by atoms with van der Waals surface area (Å²) in [5.41, 5.74) is 1.63. The average Bonchev–Trinajstić information content (AvgIpc) is 3.80. The molecule has 0 aliphatic carbocycles. The second kappa shape index (κ2) is 22.2. The molecule has 1 unspecified atom stereocenters. The molecule has 1 aromatic heterocycles. The Balaban J connectivity index is 1.36. The molecule has 4 aliphatic rings. The van der Waals surface area contributed by atoms with Crippen LogP contribution in [0, 0.1) is 11.8 Å². The van der Waals surface area contributed by atoms with Crippen molar-refractivity contribution in [1.29, 1.82) is 0 Å². The van der Waals surface area contributed by atoms with Crippen LogP contribution in [-0.2, 0) is 32.5 Å². The first kappa shape index (κ1) is 54.6. The largest absolute Gasteiger partial charge is 0.445 e. The van der Waals surface area contributed by atoms with E-state index in [4.69, 9.17) is 41.9 Å². The van der Waals surface area contributed by atoms with Crippen molar-refractivity contribution in [3.05, 3.63) is 60.4 Å². The van der Waals surface area contributed by atoms with Gasteiger partial charge < -0.3 is 37.0 Å². The molecule has 0 aromatic carbocycles. The second-order valence-electron chi connectivity index (χ2n) is 23.0. The van der Waals surface area contributed by atoms with E-state index in [1.165, 1.54) is 5.57 Å². The number of hydrogen-bond acceptors (Lipinski definition) is 10. The van der Waals surface area contributed by atoms with Gasteiger partial charge in [-0.25, -0.2) is 9.78 Å². The molecule has 0 N–H and O–H groups in total. The van der Waals surface area contributed by atoms with Crippen LogP contribution in [0.25, 0.3) is 6.08 Å². The Hall–Kier alpha value is -2.37. The highest BCUT2D eigenvalue weighted by molar-refractivity contribution is 6.74. The molecule has 0 saturated carbocycles. The molecule has 0 spiro atoms. The molecule has 0 bridgehead atoms. The van der Waals surface area contributed by atoms with Gasteiger partial charge in [0.25, 0.3) is 0 Å². The van der Waals surface area contributed by atoms with Gasteiger partial charge in [0.2, 0.25) is 5.89 Å². The van der Waals surface area contributed by atoms with Gasteiger partial charge in [0.15, 0.2) is 16.6 Å². The van der Waals surface area contributed by atoms with Gasteiger partial charge in [0.05, 0.1) is 55.4 Å². The number of carbonyl (C=O) groups excluding carboxylic acids is 1. The number of hydrogen-bond donors (Lipinski definition) is 0. The van der Waals surface area contributed by atoms with Crippen molar-refractivity contribution in [2.45, 2.75) is 244 Å². The van der Waals surface area contributed by atoms with Gasteiger partial charge in [-0.05, 0) is 122 Å². The van der Waals surface area contributed by atoms with Crippen molar-refractivity contribution in [1.82, 2.24) is 9.88 Å². The molecule has 5 heterocycles. The number of amides is 1. The van der Waals surface area contributed by atoms with Gasteiger partial charge in [-0.3, -0.25) is 4.90 Å². The van der Waals surface area contributed by atoms with Crippen LogP contribution in [0.4, 0.5) is 4.79 Å². The van der Waals surface area contributed by atoms with Crippen LogP contribution in [0.2, 0.25) is 36.3 Å². The molecule has 1 amide bonds. The number of carbonyl (C=O) groups is 1. The van der Waals surface area contributed by atoms with E-state index >= 15 is 0 Å². The smallest absolute Gasteiger partial charge is 0.413 e. The van der Waals surface area contributed by atoms with Gasteiger partial charge in [-0.1, -0.05) is 85.8 Å². The zero-order chi connectivity index (χ0) is 49.0. The SMILES string of the molecule is C=CC[C@H]1CC(=C)C[C@H](CC2C[C@@H](O[Si](C)(C)C(C)(C)C)C[C@H](c3coc(/C=C/C[C@@H]4O[C@@H](/C(C)=C/[C@@H]5COC(C)(C)N5C(=O)OC(C)(C)C)[C@H](C)[C@@H](O[Si](CC)(CC)CC)[C@H]4C)n3)O2)O1. The summed E-state index contributed by atoms with van der Waals surface area (Å²) in [6.45, 7) is 43.2. The maximum absolute atomic E-state index is 13.6. The summed E-state index contributed by atoms with van der Waals surface area (Å²) in [7, 11) is -4.04. The van der Waals surface area contributed by atoms with Crippen LogP contribution in [0.5, 0.6) is 0 Å². The quantitative estimate of drug-likeness (QED) is 0.111. The van der Waals surface area contributed by atoms with Crippen molar-refractivity contribution in [2.75, 3.05) is 6.61 Å². The zero-order valence-corrected chi connectivity index (χ0v) is 46.0. The summed E-state index contributed by atoms with van der Waals surface area (Å²) < 4.78 is 53.2. The molecule has 4 fully saturated rings. The van der Waals surface area contributed by atoms with Crippen LogP contribution in [0.3, 0.4) is 0 Å². The highest BCUT2D eigenvalue weighted by atomic mass is 28.4. The fraction of sp³-hybridized carbons (Fsp3) is 0.774. The van der Waals surface area contributed by atoms with E-state index in [0.29, 0.717) is 18.9 Å². The fourth-order valence-corrected chi connectivity index (χ4v) is 14.7. The number of ether oxygens (including phenoxy) is 5. The minimum Gasteiger partial charge on any atom is -0.445 e. The first-order valence-corrected chi connectivity index (χ1v) is 30.7. The maximum Gasteiger partial charge on any atom is 0.413 e. The summed E-state index contributed by atoms with van der Waals surface area (Å²) in [5.74, 6) is 0.767. The Labute approximate surface area is 402 Å². The maximum atomic E-state index is 13.6. The van der Waals surface area contributed by atoms with E-state index in [1.54, 1.807) is 11.2 Å². The molecule has 4 aliphatic heterocycles. The summed E-state index contributed by atoms with van der Waals surface area (Å²) in [6, 6.07) is 2.91. The molecule has 4 saturated heterocycles. The molecule has 5 rings (SSSR count). The minimum absolute atomic E-state index is 0.00594. The van der Waals surface area contributed by atoms with Crippen LogP contribution in [0.1, 0.15) is 160 Å². The molecule has 13 heteroatoms. The molecular weight excluding hydrogens is 865 g/mol. The van der Waals surface area contributed by atoms with Gasteiger partial charge in [0.1, 0.15) is 29.4 Å². The Bertz CT molecular complexity index is 1830. The Morgan fingerprint density at radius 2 is 1.61 bits per heavy atom. The van der Waals surface area contributed by atoms with E-state index in [2.05, 4.69) is 101 Å². The summed E-state index contributed by atoms with van der Waals surface area (Å²) in [5, 5.41) is 0.0845. The van der Waals surface area contributed by atoms with Crippen molar-refractivity contribution < 1.29 is 41.7 Å². The number of aromatic nitrogens is 1. The molecule has 66 heavy (non-hydrogen) atoms. The number of nitrogens with zero attached hydrogens (tertiary/aromatic N) is 2. The minimum atomic E-state index is -2.06. The lowest BCUT2D eigenvalue weighted by molar-refractivity contribution is -0.143. The van der Waals surface area contributed by atoms with Crippen molar-refractivity contribution >= 4 is 28.8 Å². The topological polar surface area (TPSA) is 111 Å². The van der Waals surface area contributed by atoms with Gasteiger partial charge in [-0.2, -0.15) is 0 Å². The highest BCUT2D eigenvalue weighted by Crippen LogP contribution is 2.44. The molecule has 11 nitrogen and oxygen atoms in total. The predicted molar refractivity (Wildman–Crippen MR) is 270 cm³/mol. The molecule has 0 radical (unpaired) electrons. The van der Waals surface area contributed by atoms with Gasteiger partial charge in [-0.15, -0.1) is 6.58 Å². The van der Waals surface area contributed by atoms with Crippen LogP contribution in [0.15, 0.2) is 53.2 Å². The lowest BCUT2D eigenvalue weighted by atomic mass is 9.79. The third-order valence-corrected chi connectivity index (χ3v) is 24.4. The van der Waals surface area contributed by atoms with E-state index < -0.39 is 28.0 Å². The van der Waals surface area contributed by atoms with Crippen LogP contribution >= 0.6 is 0 Å². The molecule has 374 valence electrons. The second-order valence-corrected chi connectivity index (χ2v) is 32.5. The van der Waals surface area contributed by atoms with Crippen LogP contribution < -0.4 is 0 Å². The normalized spacial score (nSPS) is 31.7. The summed E-state index contributed by atoms with van der Waals surface area (Å²) >= 11 is 0. The average molecular weight is 955 g/mol. The van der Waals surface area contributed by atoms with Crippen molar-refractivity contribution in [3.63, 3.8) is 0 Å². The van der Waals surface area contributed by atoms with Crippen molar-refractivity contribution in [3.8, 4) is 0 Å². The molecular formula is C53H90N2O9Si2. The highest BCUT2D eigenvalue weighted by Gasteiger charge is 2.49. The lowest BCUT2D eigenvalue weighted by Crippen LogP contribution is -2.55. The van der Waals surface area contributed by atoms with E-state index in [9.17, 15) is 4.79 Å². The monoisotopic (exact) mass is 955 g/mol. The Morgan fingerprint density at radius 3 is 2.23 bits per heavy atom. The summed E-state index contributed by atoms with van der Waals surface area (Å²) in [4.78, 5) is 20.3. The number of rotatable bonds is 17. The standard InChI is InChI=1S/C53H90N2O9Si2/c1-19-24-40-27-35(5)28-41(59-40)30-42-31-43(63-65(17,18)52(12,13)14)32-46(60-42)44-34-57-47(54-44)26-23-25-45-37(7)49(64-66(20-2,21-3)22-4)38(8)48(61-45)36(6)29-39-33-58-53(15,16)55(39)50(56)62-51(9,10)11/h19,23,26,29,34,37-43,45-46,48-49H,1,5,20-22,24-25,27-28,30-33H2,2-4,6-18H3/b26-23+,36-29+/t37-,38-,39+,40-,41+,42?,43+,45-,46+,48-,49-/m0/s1. The zero-order valence-electron chi connectivity index (χ0n) is 44.0. The van der Waals surface area contributed by atoms with E-state index in [-0.39, 0.29) is 77.8 Å². The first-order chi connectivity index (χ1) is 30.7. The van der Waals surface area contributed by atoms with E-state index in [1.807, 2.05) is 46.8 Å². The molecule has 11 atom stereocenters. The van der Waals surface area contributed by atoms with Crippen molar-refractivity contribution in [2.24, 2.45) is 11.8 Å². The predicted octanol–water partition coefficient (Wildman–Crippen LogP) is 13.5. The van der Waals surface area contributed by atoms with Gasteiger partial charge >= 0.3 is 6.09 Å².